The number of halogens is 1. The van der Waals surface area contributed by atoms with E-state index in [4.69, 9.17) is 16.3 Å². The highest BCUT2D eigenvalue weighted by Gasteiger charge is 2.17. The van der Waals surface area contributed by atoms with Gasteiger partial charge < -0.3 is 10.1 Å². The SMILES string of the molecule is COc1ccc(Cl)cc1NC(=O)c1ccc(NS(=O)(=O)c2cc(C)ccc2C)cc1. The van der Waals surface area contributed by atoms with E-state index in [1.165, 1.54) is 31.4 Å². The van der Waals surface area contributed by atoms with Crippen LogP contribution in [0.2, 0.25) is 5.02 Å². The summed E-state index contributed by atoms with van der Waals surface area (Å²) in [6.07, 6.45) is 0. The molecule has 0 radical (unpaired) electrons. The highest BCUT2D eigenvalue weighted by atomic mass is 35.5. The van der Waals surface area contributed by atoms with Crippen LogP contribution in [0.3, 0.4) is 0 Å². The molecule has 0 aliphatic heterocycles. The van der Waals surface area contributed by atoms with Gasteiger partial charge >= 0.3 is 0 Å². The number of sulfonamides is 1. The van der Waals surface area contributed by atoms with Gasteiger partial charge in [0.15, 0.2) is 0 Å². The largest absolute Gasteiger partial charge is 0.495 e. The molecule has 0 atom stereocenters. The third-order valence-electron chi connectivity index (χ3n) is 4.44. The molecule has 0 fully saturated rings. The fourth-order valence-corrected chi connectivity index (χ4v) is 4.43. The number of benzene rings is 3. The third kappa shape index (κ3) is 4.93. The summed E-state index contributed by atoms with van der Waals surface area (Å²) in [4.78, 5) is 12.8. The maximum Gasteiger partial charge on any atom is 0.262 e. The van der Waals surface area contributed by atoms with E-state index in [2.05, 4.69) is 10.0 Å². The minimum atomic E-state index is -3.74. The van der Waals surface area contributed by atoms with Gasteiger partial charge in [-0.05, 0) is 73.5 Å². The van der Waals surface area contributed by atoms with Crippen LogP contribution in [-0.2, 0) is 10.0 Å². The van der Waals surface area contributed by atoms with Gasteiger partial charge in [0.05, 0.1) is 17.7 Å². The van der Waals surface area contributed by atoms with Crippen molar-refractivity contribution in [3.05, 3.63) is 82.4 Å². The number of carbonyl (C=O) groups excluding carboxylic acids is 1. The van der Waals surface area contributed by atoms with E-state index < -0.39 is 10.0 Å². The van der Waals surface area contributed by atoms with Gasteiger partial charge in [-0.2, -0.15) is 0 Å². The minimum absolute atomic E-state index is 0.220. The van der Waals surface area contributed by atoms with Gasteiger partial charge in [0, 0.05) is 16.3 Å². The first-order chi connectivity index (χ1) is 14.2. The molecular formula is C22H21ClN2O4S. The summed E-state index contributed by atoms with van der Waals surface area (Å²) in [6.45, 7) is 3.58. The fraction of sp³-hybridized carbons (Fsp3) is 0.136. The van der Waals surface area contributed by atoms with Crippen LogP contribution in [0.25, 0.3) is 0 Å². The number of methoxy groups -OCH3 is 1. The number of rotatable bonds is 6. The quantitative estimate of drug-likeness (QED) is 0.559. The maximum atomic E-state index is 12.7. The van der Waals surface area contributed by atoms with Crippen LogP contribution in [0.1, 0.15) is 21.5 Å². The molecule has 2 N–H and O–H groups in total. The Labute approximate surface area is 180 Å². The first kappa shape index (κ1) is 21.7. The van der Waals surface area contributed by atoms with Crippen LogP contribution in [0, 0.1) is 13.8 Å². The molecule has 3 aromatic carbocycles. The zero-order valence-corrected chi connectivity index (χ0v) is 18.3. The molecule has 0 aliphatic carbocycles. The van der Waals surface area contributed by atoms with Crippen LogP contribution in [0.15, 0.2) is 65.6 Å². The van der Waals surface area contributed by atoms with E-state index in [0.29, 0.717) is 33.3 Å². The summed E-state index contributed by atoms with van der Waals surface area (Å²) >= 11 is 5.98. The molecule has 0 bridgehead atoms. The molecule has 0 saturated heterocycles. The molecular weight excluding hydrogens is 424 g/mol. The summed E-state index contributed by atoms with van der Waals surface area (Å²) < 4.78 is 33.2. The molecule has 3 aromatic rings. The third-order valence-corrected chi connectivity index (χ3v) is 6.20. The molecule has 0 heterocycles. The van der Waals surface area contributed by atoms with E-state index in [0.717, 1.165) is 5.56 Å². The minimum Gasteiger partial charge on any atom is -0.495 e. The summed E-state index contributed by atoms with van der Waals surface area (Å²) in [5.41, 5.74) is 2.65. The zero-order chi connectivity index (χ0) is 21.9. The average molecular weight is 445 g/mol. The summed E-state index contributed by atoms with van der Waals surface area (Å²) in [7, 11) is -2.25. The maximum absolute atomic E-state index is 12.7. The Kier molecular flexibility index (Phi) is 6.34. The van der Waals surface area contributed by atoms with Crippen LogP contribution >= 0.6 is 11.6 Å². The van der Waals surface area contributed by atoms with Gasteiger partial charge in [-0.1, -0.05) is 23.7 Å². The first-order valence-electron chi connectivity index (χ1n) is 9.04. The Bertz CT molecular complexity index is 1190. The lowest BCUT2D eigenvalue weighted by Crippen LogP contribution is -2.15. The van der Waals surface area contributed by atoms with Crippen molar-refractivity contribution < 1.29 is 17.9 Å². The molecule has 8 heteroatoms. The lowest BCUT2D eigenvalue weighted by Gasteiger charge is -2.12. The van der Waals surface area contributed by atoms with Crippen LogP contribution < -0.4 is 14.8 Å². The highest BCUT2D eigenvalue weighted by Crippen LogP contribution is 2.28. The molecule has 6 nitrogen and oxygen atoms in total. The fourth-order valence-electron chi connectivity index (χ4n) is 2.87. The number of aryl methyl sites for hydroxylation is 2. The number of nitrogens with one attached hydrogen (secondary N) is 2. The highest BCUT2D eigenvalue weighted by molar-refractivity contribution is 7.92. The Balaban J connectivity index is 1.77. The van der Waals surface area contributed by atoms with Crippen LogP contribution in [-0.4, -0.2) is 21.4 Å². The van der Waals surface area contributed by atoms with Crippen molar-refractivity contribution in [3.63, 3.8) is 0 Å². The average Bonchev–Trinajstić information content (AvgIpc) is 2.70. The van der Waals surface area contributed by atoms with Gasteiger partial charge in [-0.15, -0.1) is 0 Å². The number of amides is 1. The van der Waals surface area contributed by atoms with Gasteiger partial charge in [0.1, 0.15) is 5.75 Å². The number of hydrogen-bond donors (Lipinski definition) is 2. The molecule has 0 unspecified atom stereocenters. The molecule has 3 rings (SSSR count). The monoisotopic (exact) mass is 444 g/mol. The van der Waals surface area contributed by atoms with E-state index >= 15 is 0 Å². The smallest absolute Gasteiger partial charge is 0.262 e. The van der Waals surface area contributed by atoms with Crippen molar-refractivity contribution in [3.8, 4) is 5.75 Å². The number of anilines is 2. The van der Waals surface area contributed by atoms with Gasteiger partial charge in [0.2, 0.25) is 0 Å². The van der Waals surface area contributed by atoms with E-state index in [1.54, 1.807) is 37.3 Å². The van der Waals surface area contributed by atoms with Gasteiger partial charge in [-0.25, -0.2) is 8.42 Å². The molecule has 30 heavy (non-hydrogen) atoms. The van der Waals surface area contributed by atoms with Gasteiger partial charge in [-0.3, -0.25) is 9.52 Å². The predicted octanol–water partition coefficient (Wildman–Crippen LogP) is 5.02. The van der Waals surface area contributed by atoms with Crippen molar-refractivity contribution in [2.24, 2.45) is 0 Å². The van der Waals surface area contributed by atoms with Crippen molar-refractivity contribution in [2.75, 3.05) is 17.1 Å². The van der Waals surface area contributed by atoms with E-state index in [1.807, 2.05) is 13.0 Å². The molecule has 0 aliphatic rings. The molecule has 0 saturated carbocycles. The second-order valence-corrected chi connectivity index (χ2v) is 8.84. The topological polar surface area (TPSA) is 84.5 Å². The van der Waals surface area contributed by atoms with Crippen LogP contribution in [0.4, 0.5) is 11.4 Å². The normalized spacial score (nSPS) is 11.1. The lowest BCUT2D eigenvalue weighted by molar-refractivity contribution is 0.102. The molecule has 156 valence electrons. The Morgan fingerprint density at radius 3 is 2.33 bits per heavy atom. The molecule has 1 amide bonds. The van der Waals surface area contributed by atoms with Gasteiger partial charge in [0.25, 0.3) is 15.9 Å². The van der Waals surface area contributed by atoms with E-state index in [-0.39, 0.29) is 10.8 Å². The summed E-state index contributed by atoms with van der Waals surface area (Å²) in [5.74, 6) is 0.102. The second kappa shape index (κ2) is 8.77. The predicted molar refractivity (Wildman–Crippen MR) is 119 cm³/mol. The van der Waals surface area contributed by atoms with E-state index in [9.17, 15) is 13.2 Å². The number of carbonyl (C=O) groups is 1. The van der Waals surface area contributed by atoms with Crippen LogP contribution in [0.5, 0.6) is 5.75 Å². The standard InChI is InChI=1S/C22H21ClN2O4S/c1-14-4-5-15(2)21(12-14)30(27,28)25-18-9-6-16(7-10-18)22(26)24-19-13-17(23)8-11-20(19)29-3/h4-13,25H,1-3H3,(H,24,26). The second-order valence-electron chi connectivity index (χ2n) is 6.75. The van der Waals surface area contributed by atoms with Crippen molar-refractivity contribution in [2.45, 2.75) is 18.7 Å². The van der Waals surface area contributed by atoms with Crippen molar-refractivity contribution in [1.82, 2.24) is 0 Å². The Hall–Kier alpha value is -3.03. The summed E-state index contributed by atoms with van der Waals surface area (Å²) in [6, 6.07) is 16.3. The summed E-state index contributed by atoms with van der Waals surface area (Å²) in [5, 5.41) is 3.20. The Morgan fingerprint density at radius 2 is 1.67 bits per heavy atom. The molecule has 0 spiro atoms. The van der Waals surface area contributed by atoms with Crippen molar-refractivity contribution >= 4 is 38.9 Å². The number of hydrogen-bond acceptors (Lipinski definition) is 4. The van der Waals surface area contributed by atoms with Crippen molar-refractivity contribution in [1.29, 1.82) is 0 Å². The Morgan fingerprint density at radius 1 is 0.967 bits per heavy atom. The molecule has 0 aromatic heterocycles. The zero-order valence-electron chi connectivity index (χ0n) is 16.7. The first-order valence-corrected chi connectivity index (χ1v) is 10.9. The lowest BCUT2D eigenvalue weighted by atomic mass is 10.2. The number of ether oxygens (including phenoxy) is 1.